The van der Waals surface area contributed by atoms with Crippen LogP contribution in [0.5, 0.6) is 0 Å². The number of amides is 1. The van der Waals surface area contributed by atoms with Crippen LogP contribution < -0.4 is 5.73 Å². The minimum atomic E-state index is 0.177. The lowest BCUT2D eigenvalue weighted by atomic mass is 9.85. The third kappa shape index (κ3) is 2.86. The number of carbonyl (C=O) groups excluding carboxylic acids is 1. The first kappa shape index (κ1) is 13.8. The molecular weight excluding hydrogens is 226 g/mol. The Kier molecular flexibility index (Phi) is 4.28. The van der Waals surface area contributed by atoms with Crippen molar-refractivity contribution in [3.05, 3.63) is 0 Å². The second-order valence-corrected chi connectivity index (χ2v) is 6.23. The molecule has 4 atom stereocenters. The molecule has 1 saturated carbocycles. The molecular formula is C14H27N3O. The van der Waals surface area contributed by atoms with Crippen LogP contribution in [0.1, 0.15) is 39.5 Å². The van der Waals surface area contributed by atoms with E-state index in [2.05, 4.69) is 30.7 Å². The molecule has 2 rings (SSSR count). The van der Waals surface area contributed by atoms with Gasteiger partial charge < -0.3 is 10.6 Å². The van der Waals surface area contributed by atoms with Crippen LogP contribution in [-0.2, 0) is 4.79 Å². The van der Waals surface area contributed by atoms with Crippen LogP contribution in [0.2, 0.25) is 0 Å². The Morgan fingerprint density at radius 2 is 1.78 bits per heavy atom. The van der Waals surface area contributed by atoms with Gasteiger partial charge in [0.05, 0.1) is 0 Å². The second-order valence-electron chi connectivity index (χ2n) is 6.23. The molecule has 4 unspecified atom stereocenters. The number of nitrogens with two attached hydrogens (primary N) is 1. The highest BCUT2D eigenvalue weighted by molar-refractivity contribution is 5.79. The number of hydrogen-bond donors (Lipinski definition) is 1. The zero-order chi connectivity index (χ0) is 13.3. The van der Waals surface area contributed by atoms with Gasteiger partial charge in [-0.2, -0.15) is 0 Å². The van der Waals surface area contributed by atoms with Crippen molar-refractivity contribution in [1.82, 2.24) is 9.80 Å². The summed E-state index contributed by atoms with van der Waals surface area (Å²) < 4.78 is 0. The number of rotatable bonds is 1. The molecule has 0 spiro atoms. The highest BCUT2D eigenvalue weighted by Gasteiger charge is 2.34. The first-order chi connectivity index (χ1) is 8.49. The molecule has 4 nitrogen and oxygen atoms in total. The molecule has 0 aromatic carbocycles. The van der Waals surface area contributed by atoms with E-state index in [4.69, 9.17) is 5.73 Å². The molecule has 2 aliphatic rings. The molecule has 0 bridgehead atoms. The smallest absolute Gasteiger partial charge is 0.225 e. The van der Waals surface area contributed by atoms with Crippen LogP contribution >= 0.6 is 0 Å². The van der Waals surface area contributed by atoms with Crippen LogP contribution in [0.3, 0.4) is 0 Å². The van der Waals surface area contributed by atoms with Crippen LogP contribution in [0.25, 0.3) is 0 Å². The van der Waals surface area contributed by atoms with Crippen LogP contribution in [0, 0.1) is 5.92 Å². The van der Waals surface area contributed by atoms with E-state index in [0.29, 0.717) is 18.0 Å². The van der Waals surface area contributed by atoms with E-state index in [1.807, 2.05) is 0 Å². The number of likely N-dealkylation sites (N-methyl/N-ethyl adjacent to an activating group) is 1. The topological polar surface area (TPSA) is 49.6 Å². The summed E-state index contributed by atoms with van der Waals surface area (Å²) in [4.78, 5) is 17.0. The number of nitrogens with zero attached hydrogens (tertiary/aromatic N) is 2. The van der Waals surface area contributed by atoms with Gasteiger partial charge in [0.2, 0.25) is 5.91 Å². The highest BCUT2D eigenvalue weighted by atomic mass is 16.2. The van der Waals surface area contributed by atoms with Crippen LogP contribution in [0.15, 0.2) is 0 Å². The third-order valence-electron chi connectivity index (χ3n) is 4.74. The first-order valence-corrected chi connectivity index (χ1v) is 7.25. The lowest BCUT2D eigenvalue weighted by Crippen LogP contribution is -2.57. The maximum absolute atomic E-state index is 12.5. The predicted molar refractivity (Wildman–Crippen MR) is 73.2 cm³/mol. The maximum Gasteiger partial charge on any atom is 0.225 e. The van der Waals surface area contributed by atoms with E-state index in [1.54, 1.807) is 0 Å². The van der Waals surface area contributed by atoms with Gasteiger partial charge in [0.25, 0.3) is 0 Å². The Labute approximate surface area is 110 Å². The Balaban J connectivity index is 1.96. The summed E-state index contributed by atoms with van der Waals surface area (Å²) >= 11 is 0. The Morgan fingerprint density at radius 3 is 2.33 bits per heavy atom. The van der Waals surface area contributed by atoms with Crippen LogP contribution in [0.4, 0.5) is 0 Å². The standard InChI is InChI=1S/C14H27N3O/c1-10-8-17(9-11(2)16(10)3)14(18)12-5-4-6-13(15)7-12/h10-13H,4-9,15H2,1-3H3. The number of carbonyl (C=O) groups is 1. The predicted octanol–water partition coefficient (Wildman–Crippen LogP) is 1.05. The quantitative estimate of drug-likeness (QED) is 0.760. The van der Waals surface area contributed by atoms with Gasteiger partial charge >= 0.3 is 0 Å². The second kappa shape index (κ2) is 5.57. The van der Waals surface area contributed by atoms with E-state index in [9.17, 15) is 4.79 Å². The zero-order valence-corrected chi connectivity index (χ0v) is 11.9. The summed E-state index contributed by atoms with van der Waals surface area (Å²) in [7, 11) is 2.15. The molecule has 0 aromatic heterocycles. The lowest BCUT2D eigenvalue weighted by Gasteiger charge is -2.44. The molecule has 2 N–H and O–H groups in total. The van der Waals surface area contributed by atoms with Crippen molar-refractivity contribution < 1.29 is 4.79 Å². The monoisotopic (exact) mass is 253 g/mol. The minimum Gasteiger partial charge on any atom is -0.339 e. The maximum atomic E-state index is 12.5. The van der Waals surface area contributed by atoms with Crippen molar-refractivity contribution in [2.24, 2.45) is 11.7 Å². The molecule has 1 aliphatic carbocycles. The van der Waals surface area contributed by atoms with Gasteiger partial charge in [-0.15, -0.1) is 0 Å². The summed E-state index contributed by atoms with van der Waals surface area (Å²) in [6, 6.07) is 1.14. The van der Waals surface area contributed by atoms with Crippen molar-refractivity contribution in [3.8, 4) is 0 Å². The third-order valence-corrected chi connectivity index (χ3v) is 4.74. The van der Waals surface area contributed by atoms with Gasteiger partial charge in [-0.3, -0.25) is 9.69 Å². The number of hydrogen-bond acceptors (Lipinski definition) is 3. The van der Waals surface area contributed by atoms with E-state index >= 15 is 0 Å². The molecule has 1 aliphatic heterocycles. The van der Waals surface area contributed by atoms with Crippen LogP contribution in [-0.4, -0.2) is 54.0 Å². The van der Waals surface area contributed by atoms with E-state index in [-0.39, 0.29) is 12.0 Å². The van der Waals surface area contributed by atoms with Crippen molar-refractivity contribution in [1.29, 1.82) is 0 Å². The summed E-state index contributed by atoms with van der Waals surface area (Å²) in [5.41, 5.74) is 5.99. The number of piperazine rings is 1. The van der Waals surface area contributed by atoms with Gasteiger partial charge in [-0.05, 0) is 40.2 Å². The van der Waals surface area contributed by atoms with Gasteiger partial charge in [0.15, 0.2) is 0 Å². The largest absolute Gasteiger partial charge is 0.339 e. The van der Waals surface area contributed by atoms with Crippen molar-refractivity contribution in [2.45, 2.75) is 57.7 Å². The summed E-state index contributed by atoms with van der Waals surface area (Å²) in [6.07, 6.45) is 4.10. The Morgan fingerprint density at radius 1 is 1.17 bits per heavy atom. The molecule has 4 heteroatoms. The van der Waals surface area contributed by atoms with Crippen molar-refractivity contribution in [3.63, 3.8) is 0 Å². The first-order valence-electron chi connectivity index (χ1n) is 7.25. The lowest BCUT2D eigenvalue weighted by molar-refractivity contribution is -0.140. The highest BCUT2D eigenvalue weighted by Crippen LogP contribution is 2.26. The minimum absolute atomic E-state index is 0.177. The molecule has 0 aromatic rings. The van der Waals surface area contributed by atoms with Crippen molar-refractivity contribution >= 4 is 5.91 Å². The summed E-state index contributed by atoms with van der Waals surface area (Å²) in [5, 5.41) is 0. The van der Waals surface area contributed by atoms with E-state index < -0.39 is 0 Å². The normalized spacial score (nSPS) is 38.8. The fraction of sp³-hybridized carbons (Fsp3) is 0.929. The fourth-order valence-corrected chi connectivity index (χ4v) is 3.29. The molecule has 2 fully saturated rings. The Hall–Kier alpha value is -0.610. The molecule has 18 heavy (non-hydrogen) atoms. The molecule has 1 heterocycles. The van der Waals surface area contributed by atoms with E-state index in [1.165, 1.54) is 0 Å². The van der Waals surface area contributed by atoms with E-state index in [0.717, 1.165) is 38.8 Å². The molecule has 0 radical (unpaired) electrons. The SMILES string of the molecule is CC1CN(C(=O)C2CCCC(N)C2)CC(C)N1C. The summed E-state index contributed by atoms with van der Waals surface area (Å²) in [6.45, 7) is 6.13. The van der Waals surface area contributed by atoms with Crippen molar-refractivity contribution in [2.75, 3.05) is 20.1 Å². The molecule has 1 amide bonds. The average Bonchev–Trinajstić information content (AvgIpc) is 2.34. The molecule has 1 saturated heterocycles. The Bertz CT molecular complexity index is 295. The van der Waals surface area contributed by atoms with Gasteiger partial charge in [0, 0.05) is 37.1 Å². The zero-order valence-electron chi connectivity index (χ0n) is 11.9. The van der Waals surface area contributed by atoms with Gasteiger partial charge in [-0.25, -0.2) is 0 Å². The average molecular weight is 253 g/mol. The fourth-order valence-electron chi connectivity index (χ4n) is 3.29. The molecule has 104 valence electrons. The van der Waals surface area contributed by atoms with Gasteiger partial charge in [0.1, 0.15) is 0 Å². The van der Waals surface area contributed by atoms with Gasteiger partial charge in [-0.1, -0.05) is 6.42 Å². The summed E-state index contributed by atoms with van der Waals surface area (Å²) in [5.74, 6) is 0.522.